The maximum atomic E-state index is 11.8. The molecule has 2 atom stereocenters. The quantitative estimate of drug-likeness (QED) is 0.311. The summed E-state index contributed by atoms with van der Waals surface area (Å²) in [5.74, 6) is -6.50. The summed E-state index contributed by atoms with van der Waals surface area (Å²) in [6.07, 6.45) is 3.39. The summed E-state index contributed by atoms with van der Waals surface area (Å²) in [5, 5.41) is 18.5. The van der Waals surface area contributed by atoms with Crippen LogP contribution in [0.15, 0.2) is 24.3 Å². The van der Waals surface area contributed by atoms with Gasteiger partial charge in [0.05, 0.1) is 0 Å². The molecule has 0 aliphatic carbocycles. The second-order valence-corrected chi connectivity index (χ2v) is 4.39. The zero-order valence-electron chi connectivity index (χ0n) is 11.8. The van der Waals surface area contributed by atoms with Crippen LogP contribution in [0.5, 0.6) is 0 Å². The van der Waals surface area contributed by atoms with Gasteiger partial charge in [0, 0.05) is 25.3 Å². The van der Waals surface area contributed by atoms with Crippen molar-refractivity contribution in [2.24, 2.45) is 0 Å². The molecule has 0 fully saturated rings. The molecule has 1 aliphatic heterocycles. The van der Waals surface area contributed by atoms with Gasteiger partial charge in [-0.25, -0.2) is 9.59 Å². The molecule has 1 heterocycles. The Morgan fingerprint density at radius 3 is 2.04 bits per heavy atom. The summed E-state index contributed by atoms with van der Waals surface area (Å²) in [5.41, 5.74) is 0. The SMILES string of the molecule is CN(C(=O)/C=C\C=O)[C@H](C(=O)O)[C@@H](C(=O)O)N1C(=O)C=CC1=O. The Hall–Kier alpha value is -3.30. The Morgan fingerprint density at radius 1 is 1.13 bits per heavy atom. The lowest BCUT2D eigenvalue weighted by atomic mass is 10.0. The second-order valence-electron chi connectivity index (χ2n) is 4.39. The number of carboxylic acid groups (broad SMARTS) is 2. The molecule has 0 spiro atoms. The first-order valence-electron chi connectivity index (χ1n) is 6.11. The molecule has 0 unspecified atom stereocenters. The minimum atomic E-state index is -2.12. The Kier molecular flexibility index (Phi) is 5.49. The van der Waals surface area contributed by atoms with Crippen molar-refractivity contribution in [3.05, 3.63) is 24.3 Å². The highest BCUT2D eigenvalue weighted by Crippen LogP contribution is 2.17. The van der Waals surface area contributed by atoms with E-state index in [2.05, 4.69) is 0 Å². The van der Waals surface area contributed by atoms with E-state index in [9.17, 15) is 39.0 Å². The first-order valence-corrected chi connectivity index (χ1v) is 6.11. The van der Waals surface area contributed by atoms with Gasteiger partial charge in [0.1, 0.15) is 6.29 Å². The third kappa shape index (κ3) is 3.67. The average molecular weight is 324 g/mol. The van der Waals surface area contributed by atoms with Gasteiger partial charge in [-0.2, -0.15) is 0 Å². The highest BCUT2D eigenvalue weighted by molar-refractivity contribution is 6.15. The van der Waals surface area contributed by atoms with Crippen molar-refractivity contribution in [1.82, 2.24) is 9.80 Å². The third-order valence-electron chi connectivity index (χ3n) is 3.01. The first-order chi connectivity index (χ1) is 10.7. The van der Waals surface area contributed by atoms with Gasteiger partial charge in [-0.05, 0) is 6.08 Å². The number of aliphatic carboxylic acids is 2. The number of likely N-dealkylation sites (N-methyl/N-ethyl adjacent to an activating group) is 1. The van der Waals surface area contributed by atoms with E-state index in [4.69, 9.17) is 0 Å². The molecule has 0 radical (unpaired) electrons. The molecule has 0 saturated carbocycles. The lowest BCUT2D eigenvalue weighted by Crippen LogP contribution is -2.60. The maximum Gasteiger partial charge on any atom is 0.329 e. The number of imide groups is 1. The van der Waals surface area contributed by atoms with Crippen LogP contribution in [0.2, 0.25) is 0 Å². The van der Waals surface area contributed by atoms with Gasteiger partial charge in [0.15, 0.2) is 12.1 Å². The second kappa shape index (κ2) is 7.11. The molecule has 10 heteroatoms. The largest absolute Gasteiger partial charge is 0.480 e. The molecular formula is C13H12N2O8. The molecule has 3 amide bonds. The van der Waals surface area contributed by atoms with Gasteiger partial charge in [0.2, 0.25) is 5.91 Å². The van der Waals surface area contributed by atoms with E-state index >= 15 is 0 Å². The van der Waals surface area contributed by atoms with Gasteiger partial charge in [-0.3, -0.25) is 24.1 Å². The summed E-state index contributed by atoms with van der Waals surface area (Å²) in [6.45, 7) is 0. The number of hydrogen-bond donors (Lipinski definition) is 2. The normalized spacial score (nSPS) is 16.5. The number of aldehydes is 1. The van der Waals surface area contributed by atoms with Crippen LogP contribution in [-0.2, 0) is 28.8 Å². The molecule has 0 aromatic rings. The zero-order chi connectivity index (χ0) is 17.7. The van der Waals surface area contributed by atoms with Crippen LogP contribution in [0, 0.1) is 0 Å². The summed E-state index contributed by atoms with van der Waals surface area (Å²) < 4.78 is 0. The van der Waals surface area contributed by atoms with E-state index in [1.165, 1.54) is 0 Å². The topological polar surface area (TPSA) is 149 Å². The van der Waals surface area contributed by atoms with Gasteiger partial charge < -0.3 is 15.1 Å². The van der Waals surface area contributed by atoms with E-state index in [-0.39, 0.29) is 11.2 Å². The van der Waals surface area contributed by atoms with Gasteiger partial charge in [-0.15, -0.1) is 0 Å². The number of amides is 3. The standard InChI is InChI=1S/C13H12N2O8/c1-14(7(17)3-2-6-16)10(12(20)21)11(13(22)23)15-8(18)4-5-9(15)19/h2-6,10-11H,1H3,(H,20,21)(H,22,23)/b3-2-/t10-,11-/m0/s1. The predicted molar refractivity (Wildman–Crippen MR) is 71.8 cm³/mol. The molecule has 2 N–H and O–H groups in total. The molecule has 0 aromatic carbocycles. The molecule has 10 nitrogen and oxygen atoms in total. The number of carbonyl (C=O) groups is 6. The Morgan fingerprint density at radius 2 is 1.65 bits per heavy atom. The van der Waals surface area contributed by atoms with E-state index in [0.29, 0.717) is 4.90 Å². The van der Waals surface area contributed by atoms with E-state index in [0.717, 1.165) is 31.4 Å². The van der Waals surface area contributed by atoms with Crippen molar-refractivity contribution in [3.8, 4) is 0 Å². The number of nitrogens with zero attached hydrogens (tertiary/aromatic N) is 2. The van der Waals surface area contributed by atoms with Crippen LogP contribution < -0.4 is 0 Å². The van der Waals surface area contributed by atoms with Crippen LogP contribution in [0.3, 0.4) is 0 Å². The molecule has 122 valence electrons. The Bertz CT molecular complexity index is 618. The van der Waals surface area contributed by atoms with Crippen molar-refractivity contribution >= 4 is 35.9 Å². The van der Waals surface area contributed by atoms with Crippen molar-refractivity contribution < 1.29 is 39.0 Å². The average Bonchev–Trinajstić information content (AvgIpc) is 2.80. The highest BCUT2D eigenvalue weighted by Gasteiger charge is 2.47. The lowest BCUT2D eigenvalue weighted by molar-refractivity contribution is -0.164. The fraction of sp³-hybridized carbons (Fsp3) is 0.231. The van der Waals surface area contributed by atoms with Crippen molar-refractivity contribution in [1.29, 1.82) is 0 Å². The van der Waals surface area contributed by atoms with Crippen LogP contribution in [0.4, 0.5) is 0 Å². The van der Waals surface area contributed by atoms with Crippen LogP contribution in [0.25, 0.3) is 0 Å². The minimum absolute atomic E-state index is 0.244. The monoisotopic (exact) mass is 324 g/mol. The molecule has 1 rings (SSSR count). The van der Waals surface area contributed by atoms with Crippen LogP contribution in [-0.4, -0.2) is 75.1 Å². The Labute approximate surface area is 129 Å². The maximum absolute atomic E-state index is 11.8. The molecular weight excluding hydrogens is 312 g/mol. The number of carboxylic acids is 2. The van der Waals surface area contributed by atoms with Crippen molar-refractivity contribution in [3.63, 3.8) is 0 Å². The third-order valence-corrected chi connectivity index (χ3v) is 3.01. The highest BCUT2D eigenvalue weighted by atomic mass is 16.4. The first kappa shape index (κ1) is 17.8. The number of carbonyl (C=O) groups excluding carboxylic acids is 4. The van der Waals surface area contributed by atoms with E-state index in [1.54, 1.807) is 0 Å². The summed E-state index contributed by atoms with van der Waals surface area (Å²) in [4.78, 5) is 68.8. The minimum Gasteiger partial charge on any atom is -0.480 e. The fourth-order valence-electron chi connectivity index (χ4n) is 1.96. The summed E-state index contributed by atoms with van der Waals surface area (Å²) >= 11 is 0. The van der Waals surface area contributed by atoms with Crippen molar-refractivity contribution in [2.75, 3.05) is 7.05 Å². The number of hydrogen-bond acceptors (Lipinski definition) is 6. The lowest BCUT2D eigenvalue weighted by Gasteiger charge is -2.32. The Balaban J connectivity index is 3.25. The number of allylic oxidation sites excluding steroid dienone is 1. The van der Waals surface area contributed by atoms with E-state index < -0.39 is 41.7 Å². The summed E-state index contributed by atoms with van der Waals surface area (Å²) in [6, 6.07) is -4.16. The van der Waals surface area contributed by atoms with Gasteiger partial charge in [0.25, 0.3) is 11.8 Å². The molecule has 0 aromatic heterocycles. The molecule has 1 aliphatic rings. The zero-order valence-corrected chi connectivity index (χ0v) is 11.8. The van der Waals surface area contributed by atoms with Gasteiger partial charge in [-0.1, -0.05) is 0 Å². The van der Waals surface area contributed by atoms with Crippen LogP contribution >= 0.6 is 0 Å². The smallest absolute Gasteiger partial charge is 0.329 e. The molecule has 23 heavy (non-hydrogen) atoms. The van der Waals surface area contributed by atoms with Gasteiger partial charge >= 0.3 is 11.9 Å². The predicted octanol–water partition coefficient (Wildman–Crippen LogP) is -1.97. The number of rotatable bonds is 7. The molecule has 0 bridgehead atoms. The van der Waals surface area contributed by atoms with E-state index in [1.807, 2.05) is 0 Å². The molecule has 0 saturated heterocycles. The summed E-state index contributed by atoms with van der Waals surface area (Å²) in [7, 11) is 0.977. The van der Waals surface area contributed by atoms with Crippen molar-refractivity contribution in [2.45, 2.75) is 12.1 Å². The fourth-order valence-corrected chi connectivity index (χ4v) is 1.96. The van der Waals surface area contributed by atoms with Crippen LogP contribution in [0.1, 0.15) is 0 Å².